The molecule has 0 radical (unpaired) electrons. The zero-order valence-electron chi connectivity index (χ0n) is 21.0. The van der Waals surface area contributed by atoms with E-state index in [-0.39, 0.29) is 13.0 Å². The fourth-order valence-electron chi connectivity index (χ4n) is 5.20. The van der Waals surface area contributed by atoms with Crippen LogP contribution in [0.2, 0.25) is 0 Å². The Balaban J connectivity index is 2.47. The molecule has 0 bridgehead atoms. The van der Waals surface area contributed by atoms with E-state index in [1.807, 2.05) is 0 Å². The predicted octanol–water partition coefficient (Wildman–Crippen LogP) is 0.238. The van der Waals surface area contributed by atoms with Crippen LogP contribution in [0, 0.1) is 0 Å². The van der Waals surface area contributed by atoms with E-state index in [2.05, 4.69) is 0 Å². The summed E-state index contributed by atoms with van der Waals surface area (Å²) in [6, 6.07) is 7.17. The topological polar surface area (TPSA) is 196 Å². The van der Waals surface area contributed by atoms with Gasteiger partial charge in [-0.2, -0.15) is 0 Å². The number of rotatable bonds is 17. The molecular weight excluding hydrogens is 502 g/mol. The second kappa shape index (κ2) is 15.0. The van der Waals surface area contributed by atoms with Crippen LogP contribution >= 0.6 is 0 Å². The molecule has 1 aromatic rings. The van der Waals surface area contributed by atoms with Gasteiger partial charge in [0.1, 0.15) is 0 Å². The summed E-state index contributed by atoms with van der Waals surface area (Å²) in [5.41, 5.74) is 0.798. The molecular formula is C25H35N3O10. The van der Waals surface area contributed by atoms with E-state index in [1.54, 1.807) is 35.2 Å². The molecule has 1 fully saturated rings. The summed E-state index contributed by atoms with van der Waals surface area (Å²) >= 11 is 0. The van der Waals surface area contributed by atoms with E-state index in [4.69, 9.17) is 0 Å². The first-order valence-electron chi connectivity index (χ1n) is 12.3. The third-order valence-electron chi connectivity index (χ3n) is 6.60. The van der Waals surface area contributed by atoms with Crippen LogP contribution < -0.4 is 0 Å². The minimum atomic E-state index is -1.24. The second-order valence-corrected chi connectivity index (χ2v) is 9.47. The summed E-state index contributed by atoms with van der Waals surface area (Å²) in [6.07, 6.45) is 2.59. The molecule has 1 aliphatic rings. The third kappa shape index (κ3) is 10.4. The van der Waals surface area contributed by atoms with Crippen LogP contribution in [-0.4, -0.2) is 127 Å². The van der Waals surface area contributed by atoms with Gasteiger partial charge in [0.05, 0.1) is 32.7 Å². The number of carboxylic acid groups (broad SMARTS) is 5. The van der Waals surface area contributed by atoms with E-state index >= 15 is 0 Å². The fraction of sp³-hybridized carbons (Fsp3) is 0.560. The highest BCUT2D eigenvalue weighted by Gasteiger charge is 2.38. The molecule has 0 heterocycles. The Morgan fingerprint density at radius 1 is 0.658 bits per heavy atom. The maximum atomic E-state index is 11.9. The smallest absolute Gasteiger partial charge is 0.317 e. The monoisotopic (exact) mass is 537 g/mol. The van der Waals surface area contributed by atoms with Crippen molar-refractivity contribution in [1.29, 1.82) is 0 Å². The average Bonchev–Trinajstić information content (AvgIpc) is 2.81. The van der Waals surface area contributed by atoms with Crippen molar-refractivity contribution in [3.63, 3.8) is 0 Å². The molecule has 5 N–H and O–H groups in total. The van der Waals surface area contributed by atoms with E-state index in [9.17, 15) is 49.5 Å². The maximum Gasteiger partial charge on any atom is 0.317 e. The highest BCUT2D eigenvalue weighted by Crippen LogP contribution is 2.28. The van der Waals surface area contributed by atoms with Gasteiger partial charge < -0.3 is 25.5 Å². The van der Waals surface area contributed by atoms with E-state index in [0.717, 1.165) is 5.56 Å². The van der Waals surface area contributed by atoms with Crippen LogP contribution in [0.15, 0.2) is 30.3 Å². The summed E-state index contributed by atoms with van der Waals surface area (Å²) in [7, 11) is 0. The van der Waals surface area contributed by atoms with Crippen molar-refractivity contribution in [3.05, 3.63) is 35.9 Å². The van der Waals surface area contributed by atoms with E-state index in [1.165, 1.54) is 9.80 Å². The van der Waals surface area contributed by atoms with Crippen molar-refractivity contribution >= 4 is 29.8 Å². The molecule has 3 atom stereocenters. The summed E-state index contributed by atoms with van der Waals surface area (Å²) in [6.45, 7) is -2.71. The number of aliphatic carboxylic acids is 5. The van der Waals surface area contributed by atoms with Crippen molar-refractivity contribution in [2.24, 2.45) is 0 Å². The normalized spacial score (nSPS) is 18.4. The Labute approximate surface area is 219 Å². The first-order valence-corrected chi connectivity index (χ1v) is 12.3. The van der Waals surface area contributed by atoms with Crippen LogP contribution in [0.5, 0.6) is 0 Å². The molecule has 0 aromatic heterocycles. The number of carbonyl (C=O) groups is 5. The molecule has 0 aliphatic heterocycles. The SMILES string of the molecule is O=C(O)CN(CC(=O)O)[C@@H](Cc1ccccc1)CN(CC(=O)O)[C@H]1CCCC[C@@H]1N(CC(=O)O)CC(=O)O. The first-order chi connectivity index (χ1) is 18.0. The van der Waals surface area contributed by atoms with Gasteiger partial charge in [-0.25, -0.2) is 0 Å². The Morgan fingerprint density at radius 3 is 1.53 bits per heavy atom. The van der Waals surface area contributed by atoms with Crippen LogP contribution in [0.25, 0.3) is 0 Å². The predicted molar refractivity (Wildman–Crippen MR) is 133 cm³/mol. The van der Waals surface area contributed by atoms with Gasteiger partial charge in [0.15, 0.2) is 0 Å². The summed E-state index contributed by atoms with van der Waals surface area (Å²) in [5.74, 6) is -6.07. The molecule has 0 amide bonds. The third-order valence-corrected chi connectivity index (χ3v) is 6.60. The molecule has 13 heteroatoms. The van der Waals surface area contributed by atoms with Crippen molar-refractivity contribution in [1.82, 2.24) is 14.7 Å². The zero-order chi connectivity index (χ0) is 28.2. The van der Waals surface area contributed by atoms with Crippen LogP contribution in [0.4, 0.5) is 0 Å². The van der Waals surface area contributed by atoms with E-state index < -0.39 is 80.7 Å². The molecule has 0 spiro atoms. The van der Waals surface area contributed by atoms with Gasteiger partial charge in [0, 0.05) is 24.7 Å². The first kappa shape index (κ1) is 30.7. The molecule has 1 saturated carbocycles. The van der Waals surface area contributed by atoms with Gasteiger partial charge in [-0.1, -0.05) is 43.2 Å². The highest BCUT2D eigenvalue weighted by atomic mass is 16.4. The quantitative estimate of drug-likeness (QED) is 0.181. The maximum absolute atomic E-state index is 11.9. The van der Waals surface area contributed by atoms with Crippen LogP contribution in [0.1, 0.15) is 31.2 Å². The fourth-order valence-corrected chi connectivity index (χ4v) is 5.20. The minimum absolute atomic E-state index is 0.0170. The Bertz CT molecular complexity index is 941. The molecule has 210 valence electrons. The zero-order valence-corrected chi connectivity index (χ0v) is 21.0. The highest BCUT2D eigenvalue weighted by molar-refractivity contribution is 5.73. The van der Waals surface area contributed by atoms with Gasteiger partial charge in [-0.15, -0.1) is 0 Å². The largest absolute Gasteiger partial charge is 0.480 e. The molecule has 0 unspecified atom stereocenters. The van der Waals surface area contributed by atoms with Crippen LogP contribution in [0.3, 0.4) is 0 Å². The average molecular weight is 538 g/mol. The summed E-state index contributed by atoms with van der Waals surface area (Å²) in [5, 5.41) is 47.4. The minimum Gasteiger partial charge on any atom is -0.480 e. The van der Waals surface area contributed by atoms with Crippen molar-refractivity contribution in [3.8, 4) is 0 Å². The van der Waals surface area contributed by atoms with Gasteiger partial charge in [0.2, 0.25) is 0 Å². The Hall–Kier alpha value is -3.55. The number of benzene rings is 1. The summed E-state index contributed by atoms with van der Waals surface area (Å²) in [4.78, 5) is 62.3. The second-order valence-electron chi connectivity index (χ2n) is 9.47. The lowest BCUT2D eigenvalue weighted by Gasteiger charge is -2.45. The lowest BCUT2D eigenvalue weighted by Crippen LogP contribution is -2.59. The Kier molecular flexibility index (Phi) is 12.1. The number of nitrogens with zero attached hydrogens (tertiary/aromatic N) is 3. The lowest BCUT2D eigenvalue weighted by atomic mass is 9.87. The van der Waals surface area contributed by atoms with Gasteiger partial charge in [-0.3, -0.25) is 38.7 Å². The van der Waals surface area contributed by atoms with Gasteiger partial charge >= 0.3 is 29.8 Å². The number of hydrogen-bond acceptors (Lipinski definition) is 8. The number of carboxylic acids is 5. The van der Waals surface area contributed by atoms with Crippen molar-refractivity contribution in [2.75, 3.05) is 39.3 Å². The van der Waals surface area contributed by atoms with E-state index in [0.29, 0.717) is 25.7 Å². The lowest BCUT2D eigenvalue weighted by molar-refractivity contribution is -0.146. The molecule has 13 nitrogen and oxygen atoms in total. The molecule has 38 heavy (non-hydrogen) atoms. The summed E-state index contributed by atoms with van der Waals surface area (Å²) < 4.78 is 0. The van der Waals surface area contributed by atoms with Crippen molar-refractivity contribution in [2.45, 2.75) is 50.2 Å². The van der Waals surface area contributed by atoms with Gasteiger partial charge in [0.25, 0.3) is 0 Å². The molecule has 2 rings (SSSR count). The molecule has 0 saturated heterocycles. The van der Waals surface area contributed by atoms with Crippen molar-refractivity contribution < 1.29 is 49.5 Å². The standard InChI is InChI=1S/C25H35N3O10/c29-21(30)12-26(13-22(31)32)18(10-17-6-2-1-3-7-17)11-27(14-23(33)34)19-8-4-5-9-20(19)28(15-24(35)36)16-25(37)38/h1-3,6-7,18-20H,4-5,8-16H2,(H,29,30)(H,31,32)(H,33,34)(H,35,36)(H,37,38)/t18-,19-,20-/m0/s1. The van der Waals surface area contributed by atoms with Gasteiger partial charge in [-0.05, 0) is 24.8 Å². The van der Waals surface area contributed by atoms with Crippen LogP contribution in [-0.2, 0) is 30.4 Å². The Morgan fingerprint density at radius 2 is 1.08 bits per heavy atom. The molecule has 1 aromatic carbocycles. The number of hydrogen-bond donors (Lipinski definition) is 5. The molecule has 1 aliphatic carbocycles.